The van der Waals surface area contributed by atoms with Crippen LogP contribution in [0.5, 0.6) is 0 Å². The minimum atomic E-state index is -0.854. The highest BCUT2D eigenvalue weighted by atomic mass is 16.3. The van der Waals surface area contributed by atoms with Crippen LogP contribution in [0.4, 0.5) is 0 Å². The molecule has 0 fully saturated rings. The van der Waals surface area contributed by atoms with Crippen LogP contribution in [0.25, 0.3) is 0 Å². The second-order valence-corrected chi connectivity index (χ2v) is 10.9. The maximum absolute atomic E-state index is 12.2. The van der Waals surface area contributed by atoms with Crippen molar-refractivity contribution in [2.24, 2.45) is 0 Å². The van der Waals surface area contributed by atoms with Gasteiger partial charge in [-0.25, -0.2) is 0 Å². The van der Waals surface area contributed by atoms with Gasteiger partial charge < -0.3 is 15.5 Å². The van der Waals surface area contributed by atoms with Gasteiger partial charge >= 0.3 is 0 Å². The quantitative estimate of drug-likeness (QED) is 0.0711. The molecule has 0 aliphatic heterocycles. The predicted molar refractivity (Wildman–Crippen MR) is 161 cm³/mol. The lowest BCUT2D eigenvalue weighted by molar-refractivity contribution is -0.123. The van der Waals surface area contributed by atoms with Crippen LogP contribution in [0, 0.1) is 0 Å². The average molecular weight is 522 g/mol. The number of aliphatic hydroxyl groups is 2. The zero-order valence-corrected chi connectivity index (χ0v) is 24.7. The van der Waals surface area contributed by atoms with E-state index in [-0.39, 0.29) is 12.5 Å². The molecular weight excluding hydrogens is 458 g/mol. The van der Waals surface area contributed by atoms with E-state index < -0.39 is 12.1 Å². The van der Waals surface area contributed by atoms with E-state index in [9.17, 15) is 15.0 Å². The van der Waals surface area contributed by atoms with Gasteiger partial charge in [0, 0.05) is 6.42 Å². The number of hydrogen-bond acceptors (Lipinski definition) is 3. The van der Waals surface area contributed by atoms with Crippen molar-refractivity contribution >= 4 is 5.91 Å². The van der Waals surface area contributed by atoms with Gasteiger partial charge in [-0.2, -0.15) is 0 Å². The van der Waals surface area contributed by atoms with Crippen molar-refractivity contribution in [3.05, 3.63) is 24.3 Å². The monoisotopic (exact) mass is 521 g/mol. The topological polar surface area (TPSA) is 69.6 Å². The lowest BCUT2D eigenvalue weighted by Crippen LogP contribution is -2.45. The molecule has 37 heavy (non-hydrogen) atoms. The molecule has 3 N–H and O–H groups in total. The molecule has 4 heteroatoms. The van der Waals surface area contributed by atoms with Gasteiger partial charge in [-0.05, 0) is 32.1 Å². The van der Waals surface area contributed by atoms with Crippen molar-refractivity contribution in [3.63, 3.8) is 0 Å². The van der Waals surface area contributed by atoms with Crippen molar-refractivity contribution in [1.29, 1.82) is 0 Å². The Morgan fingerprint density at radius 3 is 1.57 bits per heavy atom. The molecule has 0 saturated heterocycles. The van der Waals surface area contributed by atoms with Gasteiger partial charge in [0.2, 0.25) is 5.91 Å². The van der Waals surface area contributed by atoms with E-state index in [2.05, 4.69) is 31.3 Å². The fraction of sp³-hybridized carbons (Fsp3) is 0.848. The Kier molecular flexibility index (Phi) is 28.5. The van der Waals surface area contributed by atoms with Crippen LogP contribution < -0.4 is 5.32 Å². The fourth-order valence-electron chi connectivity index (χ4n) is 4.66. The summed E-state index contributed by atoms with van der Waals surface area (Å²) in [6, 6.07) is -0.630. The van der Waals surface area contributed by atoms with Gasteiger partial charge in [0.15, 0.2) is 0 Å². The molecule has 218 valence electrons. The molecule has 0 aliphatic carbocycles. The Balaban J connectivity index is 3.66. The second-order valence-electron chi connectivity index (χ2n) is 10.9. The van der Waals surface area contributed by atoms with Crippen LogP contribution in [-0.2, 0) is 4.79 Å². The fourth-order valence-corrected chi connectivity index (χ4v) is 4.66. The molecule has 0 radical (unpaired) electrons. The number of carbonyl (C=O) groups is 1. The highest BCUT2D eigenvalue weighted by Gasteiger charge is 2.17. The van der Waals surface area contributed by atoms with Crippen LogP contribution in [0.2, 0.25) is 0 Å². The van der Waals surface area contributed by atoms with Crippen molar-refractivity contribution < 1.29 is 15.0 Å². The van der Waals surface area contributed by atoms with Gasteiger partial charge in [0.1, 0.15) is 0 Å². The third kappa shape index (κ3) is 26.3. The van der Waals surface area contributed by atoms with E-state index in [4.69, 9.17) is 0 Å². The summed E-state index contributed by atoms with van der Waals surface area (Å²) in [5.74, 6) is -0.0767. The van der Waals surface area contributed by atoms with Crippen LogP contribution in [0.1, 0.15) is 162 Å². The molecule has 0 bridgehead atoms. The number of hydrogen-bond donors (Lipinski definition) is 3. The summed E-state index contributed by atoms with van der Waals surface area (Å²) in [7, 11) is 0. The van der Waals surface area contributed by atoms with Gasteiger partial charge in [-0.15, -0.1) is 0 Å². The Hall–Kier alpha value is -1.13. The minimum absolute atomic E-state index is 0.0767. The van der Waals surface area contributed by atoms with Crippen LogP contribution in [0.3, 0.4) is 0 Å². The standard InChI is InChI=1S/C33H63NO3/c1-3-5-7-9-11-13-15-16-17-18-19-21-23-25-27-29-33(37)34-31(30-35)32(36)28-26-24-22-20-14-12-10-8-6-4-2/h14,20,26,28,31-32,35-36H,3-13,15-19,21-25,27,29-30H2,1-2H3,(H,34,37)/b20-14+,28-26+. The van der Waals surface area contributed by atoms with Crippen LogP contribution in [-0.4, -0.2) is 34.9 Å². The summed E-state index contributed by atoms with van der Waals surface area (Å²) < 4.78 is 0. The smallest absolute Gasteiger partial charge is 0.220 e. The van der Waals surface area contributed by atoms with Crippen molar-refractivity contribution in [1.82, 2.24) is 5.32 Å². The minimum Gasteiger partial charge on any atom is -0.394 e. The molecule has 4 nitrogen and oxygen atoms in total. The van der Waals surface area contributed by atoms with Gasteiger partial charge in [0.05, 0.1) is 18.8 Å². The van der Waals surface area contributed by atoms with Crippen molar-refractivity contribution in [2.45, 2.75) is 174 Å². The van der Waals surface area contributed by atoms with Gasteiger partial charge in [-0.3, -0.25) is 4.79 Å². The maximum Gasteiger partial charge on any atom is 0.220 e. The molecule has 0 rings (SSSR count). The zero-order valence-electron chi connectivity index (χ0n) is 24.7. The van der Waals surface area contributed by atoms with E-state index in [0.717, 1.165) is 32.1 Å². The van der Waals surface area contributed by atoms with E-state index in [1.165, 1.54) is 109 Å². The number of amides is 1. The predicted octanol–water partition coefficient (Wildman–Crippen LogP) is 8.95. The molecule has 0 saturated carbocycles. The number of nitrogens with one attached hydrogen (secondary N) is 1. The molecule has 0 aromatic carbocycles. The first-order valence-electron chi connectivity index (χ1n) is 16.1. The SMILES string of the molecule is CCCCCC/C=C/CC/C=C/C(O)C(CO)NC(=O)CCCCCCCCCCCCCCCCC. The van der Waals surface area contributed by atoms with Crippen LogP contribution in [0.15, 0.2) is 24.3 Å². The zero-order chi connectivity index (χ0) is 27.2. The third-order valence-corrected chi connectivity index (χ3v) is 7.19. The molecule has 0 aromatic heterocycles. The molecule has 0 spiro atoms. The normalized spacial score (nSPS) is 13.5. The molecule has 0 aromatic rings. The van der Waals surface area contributed by atoms with Crippen molar-refractivity contribution in [3.8, 4) is 0 Å². The molecule has 2 unspecified atom stereocenters. The van der Waals surface area contributed by atoms with Gasteiger partial charge in [0.25, 0.3) is 0 Å². The van der Waals surface area contributed by atoms with Crippen molar-refractivity contribution in [2.75, 3.05) is 6.61 Å². The number of carbonyl (C=O) groups excluding carboxylic acids is 1. The summed E-state index contributed by atoms with van der Waals surface area (Å²) in [6.07, 6.45) is 35.4. The largest absolute Gasteiger partial charge is 0.394 e. The number of allylic oxidation sites excluding steroid dienone is 3. The Labute approximate surface area is 230 Å². The maximum atomic E-state index is 12.2. The third-order valence-electron chi connectivity index (χ3n) is 7.19. The Morgan fingerprint density at radius 2 is 1.05 bits per heavy atom. The van der Waals surface area contributed by atoms with E-state index in [1.54, 1.807) is 6.08 Å². The highest BCUT2D eigenvalue weighted by molar-refractivity contribution is 5.76. The van der Waals surface area contributed by atoms with Crippen LogP contribution >= 0.6 is 0 Å². The Morgan fingerprint density at radius 1 is 0.622 bits per heavy atom. The summed E-state index contributed by atoms with van der Waals surface area (Å²) in [5, 5.41) is 22.7. The number of aliphatic hydroxyl groups excluding tert-OH is 2. The summed E-state index contributed by atoms with van der Waals surface area (Å²) >= 11 is 0. The summed E-state index contributed by atoms with van der Waals surface area (Å²) in [4.78, 5) is 12.2. The molecule has 1 amide bonds. The average Bonchev–Trinajstić information content (AvgIpc) is 2.90. The molecule has 0 aliphatic rings. The Bertz CT molecular complexity index is 532. The van der Waals surface area contributed by atoms with E-state index in [0.29, 0.717) is 6.42 Å². The number of rotatable bonds is 28. The van der Waals surface area contributed by atoms with E-state index in [1.807, 2.05) is 6.08 Å². The first-order valence-corrected chi connectivity index (χ1v) is 16.1. The first kappa shape index (κ1) is 35.9. The summed E-state index contributed by atoms with van der Waals surface area (Å²) in [5.41, 5.74) is 0. The lowest BCUT2D eigenvalue weighted by Gasteiger charge is -2.19. The number of unbranched alkanes of at least 4 members (excludes halogenated alkanes) is 19. The lowest BCUT2D eigenvalue weighted by atomic mass is 10.0. The molecular formula is C33H63NO3. The van der Waals surface area contributed by atoms with Gasteiger partial charge in [-0.1, -0.05) is 147 Å². The first-order chi connectivity index (χ1) is 18.2. The molecule has 2 atom stereocenters. The summed E-state index contributed by atoms with van der Waals surface area (Å²) in [6.45, 7) is 4.24. The highest BCUT2D eigenvalue weighted by Crippen LogP contribution is 2.14. The molecule has 0 heterocycles. The van der Waals surface area contributed by atoms with E-state index >= 15 is 0 Å². The second kappa shape index (κ2) is 29.4.